The average Bonchev–Trinajstić information content (AvgIpc) is 1.69. The van der Waals surface area contributed by atoms with Crippen molar-refractivity contribution in [1.82, 2.24) is 0 Å². The number of phenols is 1. The minimum atomic E-state index is 0. The molecule has 0 unspecified atom stereocenters. The van der Waals surface area contributed by atoms with Crippen LogP contribution in [0.2, 0.25) is 0 Å². The Morgan fingerprint density at radius 2 is 1.50 bits per heavy atom. The Kier molecular flexibility index (Phi) is 3.48. The van der Waals surface area contributed by atoms with Gasteiger partial charge in [0.1, 0.15) is 5.75 Å². The number of benzene rings is 1. The van der Waals surface area contributed by atoms with Gasteiger partial charge in [0.15, 0.2) is 0 Å². The predicted octanol–water partition coefficient (Wildman–Crippen LogP) is 0.854. The minimum absolute atomic E-state index is 0. The molecule has 1 aromatic carbocycles. The molecule has 2 heteroatoms. The second kappa shape index (κ2) is 3.63. The van der Waals surface area contributed by atoms with Gasteiger partial charge in [-0.1, -0.05) is 18.2 Å². The van der Waals surface area contributed by atoms with E-state index < -0.39 is 0 Å². The predicted molar refractivity (Wildman–Crippen MR) is 30.9 cm³/mol. The summed E-state index contributed by atoms with van der Waals surface area (Å²) < 4.78 is 0. The van der Waals surface area contributed by atoms with Gasteiger partial charge in [-0.15, -0.1) is 0 Å². The third-order valence-electron chi connectivity index (χ3n) is 0.756. The molecule has 8 heavy (non-hydrogen) atoms. The van der Waals surface area contributed by atoms with Crippen LogP contribution in [-0.2, 0) is 19.8 Å². The summed E-state index contributed by atoms with van der Waals surface area (Å²) in [6.07, 6.45) is 0. The van der Waals surface area contributed by atoms with Crippen molar-refractivity contribution in [3.05, 3.63) is 30.3 Å². The summed E-state index contributed by atoms with van der Waals surface area (Å²) in [6, 6.07) is 8.71. The summed E-state index contributed by atoms with van der Waals surface area (Å²) in [6.45, 7) is 0. The van der Waals surface area contributed by atoms with Gasteiger partial charge in [0.25, 0.3) is 0 Å². The number of phenolic OH excluding ortho intramolecular Hbond substituents is 1. The van der Waals surface area contributed by atoms with Crippen LogP contribution in [0.5, 0.6) is 5.75 Å². The Balaban J connectivity index is 0.000000490. The standard InChI is InChI=1S/C6H6O.Os.2H/c7-6-4-2-1-3-5-6;;;/h1-5,7H;;;. The molecule has 46 valence electrons. The van der Waals surface area contributed by atoms with Crippen LogP contribution in [-0.4, -0.2) is 5.11 Å². The maximum absolute atomic E-state index is 8.63. The quantitative estimate of drug-likeness (QED) is 0.750. The van der Waals surface area contributed by atoms with Gasteiger partial charge >= 0.3 is 19.8 Å². The van der Waals surface area contributed by atoms with Crippen LogP contribution in [0.25, 0.3) is 0 Å². The van der Waals surface area contributed by atoms with Crippen molar-refractivity contribution in [3.8, 4) is 5.75 Å². The van der Waals surface area contributed by atoms with Gasteiger partial charge in [-0.3, -0.25) is 0 Å². The zero-order valence-electron chi connectivity index (χ0n) is 4.24. The van der Waals surface area contributed by atoms with Crippen LogP contribution in [0.1, 0.15) is 0 Å². The molecular weight excluding hydrogens is 278 g/mol. The molecule has 1 N–H and O–H groups in total. The maximum atomic E-state index is 8.63. The zero-order valence-corrected chi connectivity index (χ0v) is 7.18. The van der Waals surface area contributed by atoms with E-state index in [4.69, 9.17) is 5.11 Å². The van der Waals surface area contributed by atoms with E-state index in [2.05, 4.69) is 0 Å². The van der Waals surface area contributed by atoms with Crippen molar-refractivity contribution in [2.75, 3.05) is 0 Å². The SMILES string of the molecule is Oc1ccccc1.[OsH2]. The Morgan fingerprint density at radius 1 is 1.00 bits per heavy atom. The first-order chi connectivity index (χ1) is 3.39. The number of hydrogen-bond acceptors (Lipinski definition) is 1. The number of hydrogen-bond donors (Lipinski definition) is 1. The van der Waals surface area contributed by atoms with E-state index in [1.165, 1.54) is 0 Å². The second-order valence-corrected chi connectivity index (χ2v) is 1.34. The summed E-state index contributed by atoms with van der Waals surface area (Å²) in [5.41, 5.74) is 0. The summed E-state index contributed by atoms with van der Waals surface area (Å²) in [5.74, 6) is 0.322. The first kappa shape index (κ1) is 7.66. The van der Waals surface area contributed by atoms with E-state index in [9.17, 15) is 0 Å². The Labute approximate surface area is 61.4 Å². The molecule has 0 aromatic heterocycles. The van der Waals surface area contributed by atoms with E-state index >= 15 is 0 Å². The molecule has 1 aromatic rings. The molecule has 0 aliphatic carbocycles. The molecule has 0 heterocycles. The Morgan fingerprint density at radius 3 is 1.75 bits per heavy atom. The molecule has 0 aliphatic heterocycles. The molecule has 0 spiro atoms. The first-order valence-electron chi connectivity index (χ1n) is 2.13. The Hall–Kier alpha value is -0.344. The summed E-state index contributed by atoms with van der Waals surface area (Å²) in [5, 5.41) is 8.63. The number of aromatic hydroxyl groups is 1. The van der Waals surface area contributed by atoms with Crippen LogP contribution in [0.3, 0.4) is 0 Å². The third-order valence-corrected chi connectivity index (χ3v) is 0.756. The molecule has 0 bridgehead atoms. The fourth-order valence-corrected chi connectivity index (χ4v) is 0.428. The van der Waals surface area contributed by atoms with E-state index in [0.717, 1.165) is 0 Å². The molecule has 0 radical (unpaired) electrons. The van der Waals surface area contributed by atoms with Crippen LogP contribution in [0, 0.1) is 0 Å². The van der Waals surface area contributed by atoms with Gasteiger partial charge in [-0.2, -0.15) is 0 Å². The summed E-state index contributed by atoms with van der Waals surface area (Å²) in [4.78, 5) is 0. The van der Waals surface area contributed by atoms with Gasteiger partial charge < -0.3 is 5.11 Å². The fraction of sp³-hybridized carbons (Fsp3) is 0. The molecule has 0 saturated heterocycles. The van der Waals surface area contributed by atoms with Crippen molar-refractivity contribution in [1.29, 1.82) is 0 Å². The number of rotatable bonds is 0. The molecule has 0 amide bonds. The van der Waals surface area contributed by atoms with Gasteiger partial charge in [-0.25, -0.2) is 0 Å². The van der Waals surface area contributed by atoms with Crippen molar-refractivity contribution >= 4 is 0 Å². The van der Waals surface area contributed by atoms with Gasteiger partial charge in [0.05, 0.1) is 0 Å². The summed E-state index contributed by atoms with van der Waals surface area (Å²) in [7, 11) is 0. The van der Waals surface area contributed by atoms with Gasteiger partial charge in [-0.05, 0) is 12.1 Å². The molecular formula is C6H8OOs. The molecule has 0 aliphatic rings. The van der Waals surface area contributed by atoms with Crippen LogP contribution in [0.15, 0.2) is 30.3 Å². The van der Waals surface area contributed by atoms with E-state index in [-0.39, 0.29) is 19.8 Å². The van der Waals surface area contributed by atoms with Crippen molar-refractivity contribution < 1.29 is 24.9 Å². The van der Waals surface area contributed by atoms with E-state index in [1.54, 1.807) is 24.3 Å². The Bertz CT molecular complexity index is 138. The van der Waals surface area contributed by atoms with Gasteiger partial charge in [0, 0.05) is 0 Å². The van der Waals surface area contributed by atoms with Crippen LogP contribution < -0.4 is 0 Å². The normalized spacial score (nSPS) is 7.50. The zero-order chi connectivity index (χ0) is 5.11. The number of para-hydroxylation sites is 1. The van der Waals surface area contributed by atoms with E-state index in [0.29, 0.717) is 5.75 Å². The van der Waals surface area contributed by atoms with Gasteiger partial charge in [0.2, 0.25) is 0 Å². The van der Waals surface area contributed by atoms with E-state index in [1.807, 2.05) is 6.07 Å². The topological polar surface area (TPSA) is 20.2 Å². The van der Waals surface area contributed by atoms with Crippen molar-refractivity contribution in [3.63, 3.8) is 0 Å². The monoisotopic (exact) mass is 288 g/mol. The average molecular weight is 286 g/mol. The first-order valence-corrected chi connectivity index (χ1v) is 2.13. The van der Waals surface area contributed by atoms with Crippen molar-refractivity contribution in [2.45, 2.75) is 0 Å². The molecule has 1 nitrogen and oxygen atoms in total. The third kappa shape index (κ3) is 2.09. The second-order valence-electron chi connectivity index (χ2n) is 1.34. The molecule has 0 saturated carbocycles. The fourth-order valence-electron chi connectivity index (χ4n) is 0.428. The van der Waals surface area contributed by atoms with Crippen LogP contribution >= 0.6 is 0 Å². The molecule has 0 fully saturated rings. The van der Waals surface area contributed by atoms with Crippen LogP contribution in [0.4, 0.5) is 0 Å². The molecule has 0 atom stereocenters. The van der Waals surface area contributed by atoms with Crippen molar-refractivity contribution in [2.24, 2.45) is 0 Å². The molecule has 1 rings (SSSR count). The summed E-state index contributed by atoms with van der Waals surface area (Å²) >= 11 is 0.